The molecule has 2 rings (SSSR count). The van der Waals surface area contributed by atoms with Crippen molar-refractivity contribution in [3.63, 3.8) is 0 Å². The summed E-state index contributed by atoms with van der Waals surface area (Å²) in [5, 5.41) is 0. The molecule has 0 heterocycles. The first-order valence-corrected chi connectivity index (χ1v) is 6.05. The van der Waals surface area contributed by atoms with Gasteiger partial charge in [0.2, 0.25) is 0 Å². The SMILES string of the molecule is COC(=O)CCC1=Cc2ccc(C)cc2CC1. The van der Waals surface area contributed by atoms with Gasteiger partial charge in [-0.15, -0.1) is 0 Å². The fraction of sp³-hybridized carbons (Fsp3) is 0.400. The van der Waals surface area contributed by atoms with Gasteiger partial charge in [-0.1, -0.05) is 35.4 Å². The van der Waals surface area contributed by atoms with Crippen LogP contribution < -0.4 is 0 Å². The Morgan fingerprint density at radius 1 is 1.35 bits per heavy atom. The van der Waals surface area contributed by atoms with Crippen LogP contribution in [0.5, 0.6) is 0 Å². The molecule has 0 atom stereocenters. The zero-order valence-corrected chi connectivity index (χ0v) is 10.5. The lowest BCUT2D eigenvalue weighted by atomic mass is 9.89. The maximum absolute atomic E-state index is 11.1. The standard InChI is InChI=1S/C15H18O2/c1-11-3-6-14-10-12(4-7-13(14)9-11)5-8-15(16)17-2/h3,6,9-10H,4-5,7-8H2,1-2H3. The minimum Gasteiger partial charge on any atom is -0.469 e. The van der Waals surface area contributed by atoms with Gasteiger partial charge in [0, 0.05) is 6.42 Å². The number of carbonyl (C=O) groups excluding carboxylic acids is 1. The molecule has 0 radical (unpaired) electrons. The fourth-order valence-corrected chi connectivity index (χ4v) is 2.24. The Morgan fingerprint density at radius 2 is 2.18 bits per heavy atom. The molecule has 0 saturated heterocycles. The van der Waals surface area contributed by atoms with Crippen LogP contribution in [0.4, 0.5) is 0 Å². The molecule has 1 aromatic carbocycles. The summed E-state index contributed by atoms with van der Waals surface area (Å²) >= 11 is 0. The van der Waals surface area contributed by atoms with E-state index in [4.69, 9.17) is 0 Å². The van der Waals surface area contributed by atoms with E-state index >= 15 is 0 Å². The van der Waals surface area contributed by atoms with Gasteiger partial charge in [0.25, 0.3) is 0 Å². The lowest BCUT2D eigenvalue weighted by molar-refractivity contribution is -0.140. The van der Waals surface area contributed by atoms with Gasteiger partial charge in [-0.25, -0.2) is 0 Å². The topological polar surface area (TPSA) is 26.3 Å². The smallest absolute Gasteiger partial charge is 0.305 e. The molecule has 17 heavy (non-hydrogen) atoms. The largest absolute Gasteiger partial charge is 0.469 e. The summed E-state index contributed by atoms with van der Waals surface area (Å²) in [6.45, 7) is 2.12. The van der Waals surface area contributed by atoms with Crippen LogP contribution in [0.1, 0.15) is 36.0 Å². The highest BCUT2D eigenvalue weighted by atomic mass is 16.5. The first kappa shape index (κ1) is 11.9. The third-order valence-electron chi connectivity index (χ3n) is 3.25. The van der Waals surface area contributed by atoms with Crippen LogP contribution in [0, 0.1) is 6.92 Å². The third kappa shape index (κ3) is 2.96. The van der Waals surface area contributed by atoms with Gasteiger partial charge in [0.15, 0.2) is 0 Å². The number of methoxy groups -OCH3 is 1. The maximum atomic E-state index is 11.1. The van der Waals surface area contributed by atoms with E-state index in [-0.39, 0.29) is 5.97 Å². The quantitative estimate of drug-likeness (QED) is 0.745. The van der Waals surface area contributed by atoms with Gasteiger partial charge < -0.3 is 4.74 Å². The molecule has 0 saturated carbocycles. The highest BCUT2D eigenvalue weighted by Gasteiger charge is 2.11. The second kappa shape index (κ2) is 5.17. The number of carbonyl (C=O) groups is 1. The molecule has 2 nitrogen and oxygen atoms in total. The molecule has 1 aliphatic rings. The van der Waals surface area contributed by atoms with Gasteiger partial charge in [0.1, 0.15) is 0 Å². The number of rotatable bonds is 3. The lowest BCUT2D eigenvalue weighted by Crippen LogP contribution is -2.04. The van der Waals surface area contributed by atoms with Crippen molar-refractivity contribution in [1.29, 1.82) is 0 Å². The van der Waals surface area contributed by atoms with Crippen LogP contribution in [0.25, 0.3) is 6.08 Å². The fourth-order valence-electron chi connectivity index (χ4n) is 2.24. The van der Waals surface area contributed by atoms with Gasteiger partial charge in [-0.2, -0.15) is 0 Å². The summed E-state index contributed by atoms with van der Waals surface area (Å²) in [5.74, 6) is -0.124. The third-order valence-corrected chi connectivity index (χ3v) is 3.25. The molecule has 90 valence electrons. The number of esters is 1. The highest BCUT2D eigenvalue weighted by molar-refractivity contribution is 5.70. The van der Waals surface area contributed by atoms with E-state index in [0.29, 0.717) is 6.42 Å². The van der Waals surface area contributed by atoms with E-state index in [1.165, 1.54) is 29.4 Å². The average Bonchev–Trinajstić information content (AvgIpc) is 2.35. The number of fused-ring (bicyclic) bond motifs is 1. The van der Waals surface area contributed by atoms with Crippen molar-refractivity contribution < 1.29 is 9.53 Å². The molecule has 0 aliphatic heterocycles. The van der Waals surface area contributed by atoms with Crippen LogP contribution in [0.2, 0.25) is 0 Å². The average molecular weight is 230 g/mol. The van der Waals surface area contributed by atoms with Crippen molar-refractivity contribution in [2.24, 2.45) is 0 Å². The molecule has 0 amide bonds. The summed E-state index contributed by atoms with van der Waals surface area (Å²) in [5.41, 5.74) is 5.40. The van der Waals surface area contributed by atoms with Crippen molar-refractivity contribution in [1.82, 2.24) is 0 Å². The Labute approximate surface area is 102 Å². The zero-order valence-electron chi connectivity index (χ0n) is 10.5. The van der Waals surface area contributed by atoms with Gasteiger partial charge in [-0.3, -0.25) is 4.79 Å². The molecule has 0 unspecified atom stereocenters. The van der Waals surface area contributed by atoms with Crippen LogP contribution in [0.15, 0.2) is 23.8 Å². The Bertz CT molecular complexity index is 458. The molecule has 1 aromatic rings. The predicted octanol–water partition coefficient (Wildman–Crippen LogP) is 3.28. The highest BCUT2D eigenvalue weighted by Crippen LogP contribution is 2.27. The summed E-state index contributed by atoms with van der Waals surface area (Å²) in [6.07, 6.45) is 5.68. The Balaban J connectivity index is 2.07. The van der Waals surface area contributed by atoms with E-state index in [9.17, 15) is 4.79 Å². The Morgan fingerprint density at radius 3 is 2.94 bits per heavy atom. The van der Waals surface area contributed by atoms with Crippen molar-refractivity contribution in [3.05, 3.63) is 40.5 Å². The number of hydrogen-bond acceptors (Lipinski definition) is 2. The van der Waals surface area contributed by atoms with E-state index in [1.54, 1.807) is 0 Å². The van der Waals surface area contributed by atoms with Crippen molar-refractivity contribution in [2.75, 3.05) is 7.11 Å². The van der Waals surface area contributed by atoms with E-state index in [2.05, 4.69) is 35.9 Å². The maximum Gasteiger partial charge on any atom is 0.305 e. The number of allylic oxidation sites excluding steroid dienone is 1. The van der Waals surface area contributed by atoms with Crippen molar-refractivity contribution >= 4 is 12.0 Å². The summed E-state index contributed by atoms with van der Waals surface area (Å²) in [6, 6.07) is 6.56. The number of ether oxygens (including phenoxy) is 1. The molecule has 0 fully saturated rings. The van der Waals surface area contributed by atoms with Crippen molar-refractivity contribution in [2.45, 2.75) is 32.6 Å². The van der Waals surface area contributed by atoms with E-state index < -0.39 is 0 Å². The first-order valence-electron chi connectivity index (χ1n) is 6.05. The summed E-state index contributed by atoms with van der Waals surface area (Å²) < 4.78 is 4.66. The molecular formula is C15H18O2. The molecule has 0 spiro atoms. The predicted molar refractivity (Wildman–Crippen MR) is 68.7 cm³/mol. The minimum absolute atomic E-state index is 0.124. The molecule has 0 N–H and O–H groups in total. The molecule has 0 bridgehead atoms. The second-order valence-electron chi connectivity index (χ2n) is 4.58. The molecular weight excluding hydrogens is 212 g/mol. The monoisotopic (exact) mass is 230 g/mol. The van der Waals surface area contributed by atoms with Crippen LogP contribution in [-0.2, 0) is 16.0 Å². The van der Waals surface area contributed by atoms with Gasteiger partial charge >= 0.3 is 5.97 Å². The minimum atomic E-state index is -0.124. The van der Waals surface area contributed by atoms with Gasteiger partial charge in [0.05, 0.1) is 7.11 Å². The van der Waals surface area contributed by atoms with Gasteiger partial charge in [-0.05, 0) is 37.3 Å². The van der Waals surface area contributed by atoms with E-state index in [1.807, 2.05) is 0 Å². The second-order valence-corrected chi connectivity index (χ2v) is 4.58. The normalized spacial score (nSPS) is 13.9. The number of aryl methyl sites for hydroxylation is 2. The van der Waals surface area contributed by atoms with E-state index in [0.717, 1.165) is 19.3 Å². The zero-order chi connectivity index (χ0) is 12.3. The summed E-state index contributed by atoms with van der Waals surface area (Å²) in [4.78, 5) is 11.1. The molecule has 1 aliphatic carbocycles. The number of benzene rings is 1. The summed E-state index contributed by atoms with van der Waals surface area (Å²) in [7, 11) is 1.44. The molecule has 2 heteroatoms. The molecule has 0 aromatic heterocycles. The van der Waals surface area contributed by atoms with Crippen LogP contribution in [0.3, 0.4) is 0 Å². The van der Waals surface area contributed by atoms with Crippen LogP contribution in [-0.4, -0.2) is 13.1 Å². The Kier molecular flexibility index (Phi) is 3.62. The number of hydrogen-bond donors (Lipinski definition) is 0. The Hall–Kier alpha value is -1.57. The first-order chi connectivity index (χ1) is 8.19. The lowest BCUT2D eigenvalue weighted by Gasteiger charge is -2.16. The van der Waals surface area contributed by atoms with Crippen LogP contribution >= 0.6 is 0 Å². The van der Waals surface area contributed by atoms with Crippen molar-refractivity contribution in [3.8, 4) is 0 Å².